The third-order valence-electron chi connectivity index (χ3n) is 4.23. The average molecular weight is 302 g/mol. The van der Waals surface area contributed by atoms with Gasteiger partial charge in [-0.25, -0.2) is 0 Å². The van der Waals surface area contributed by atoms with Gasteiger partial charge in [-0.05, 0) is 32.4 Å². The molecule has 0 saturated carbocycles. The van der Waals surface area contributed by atoms with Crippen LogP contribution in [0.1, 0.15) is 54.3 Å². The Hall–Kier alpha value is -2.17. The molecule has 22 heavy (non-hydrogen) atoms. The monoisotopic (exact) mass is 302 g/mol. The highest BCUT2D eigenvalue weighted by atomic mass is 16.2. The number of amides is 2. The molecule has 1 saturated heterocycles. The Morgan fingerprint density at radius 1 is 1.23 bits per heavy atom. The first-order valence-electron chi connectivity index (χ1n) is 7.61. The topological polar surface area (TPSA) is 66.5 Å². The molecular weight excluding hydrogens is 280 g/mol. The molecule has 1 aliphatic heterocycles. The third-order valence-corrected chi connectivity index (χ3v) is 4.23. The van der Waals surface area contributed by atoms with Crippen LogP contribution in [-0.2, 0) is 4.79 Å². The molecule has 1 aliphatic rings. The van der Waals surface area contributed by atoms with Gasteiger partial charge in [0.05, 0.1) is 0 Å². The zero-order chi connectivity index (χ0) is 16.3. The largest absolute Gasteiger partial charge is 0.352 e. The van der Waals surface area contributed by atoms with Crippen molar-refractivity contribution in [1.29, 1.82) is 0 Å². The number of benzene rings is 1. The van der Waals surface area contributed by atoms with E-state index in [4.69, 9.17) is 0 Å². The number of rotatable bonds is 4. The van der Waals surface area contributed by atoms with Gasteiger partial charge in [0, 0.05) is 24.2 Å². The number of hydrogen-bond acceptors (Lipinski definition) is 3. The lowest BCUT2D eigenvalue weighted by atomic mass is 9.90. The maximum Gasteiger partial charge on any atom is 0.254 e. The highest BCUT2D eigenvalue weighted by molar-refractivity contribution is 6.01. The second kappa shape index (κ2) is 6.30. The Morgan fingerprint density at radius 2 is 1.82 bits per heavy atom. The van der Waals surface area contributed by atoms with Crippen molar-refractivity contribution in [1.82, 2.24) is 10.2 Å². The summed E-state index contributed by atoms with van der Waals surface area (Å²) in [7, 11) is 0. The summed E-state index contributed by atoms with van der Waals surface area (Å²) in [5.41, 5.74) is 0.259. The van der Waals surface area contributed by atoms with Crippen molar-refractivity contribution in [2.24, 2.45) is 0 Å². The second-order valence-corrected chi connectivity index (χ2v) is 5.87. The van der Waals surface area contributed by atoms with Crippen molar-refractivity contribution in [2.45, 2.75) is 39.2 Å². The molecule has 1 fully saturated rings. The van der Waals surface area contributed by atoms with Crippen molar-refractivity contribution < 1.29 is 14.4 Å². The van der Waals surface area contributed by atoms with Gasteiger partial charge < -0.3 is 10.2 Å². The van der Waals surface area contributed by atoms with Crippen molar-refractivity contribution in [3.05, 3.63) is 35.4 Å². The molecule has 0 bridgehead atoms. The Bertz CT molecular complexity index is 594. The van der Waals surface area contributed by atoms with Crippen LogP contribution >= 0.6 is 0 Å². The summed E-state index contributed by atoms with van der Waals surface area (Å²) in [6.07, 6.45) is 1.44. The highest BCUT2D eigenvalue weighted by Gasteiger charge is 2.43. The third kappa shape index (κ3) is 2.89. The van der Waals surface area contributed by atoms with Gasteiger partial charge in [0.1, 0.15) is 5.54 Å². The quantitative estimate of drug-likeness (QED) is 0.865. The standard InChI is InChI=1S/C17H22N2O3/c1-4-9-17(3)16(22)18-10-11-19(17)15(21)14-7-5-13(6-8-14)12(2)20/h5-8H,4,9-11H2,1-3H3,(H,18,22). The van der Waals surface area contributed by atoms with Crippen LogP contribution < -0.4 is 5.32 Å². The average Bonchev–Trinajstić information content (AvgIpc) is 2.50. The molecule has 1 aromatic rings. The maximum absolute atomic E-state index is 12.8. The lowest BCUT2D eigenvalue weighted by Gasteiger charge is -2.43. The molecule has 0 aromatic heterocycles. The molecule has 1 heterocycles. The molecule has 2 rings (SSSR count). The SMILES string of the molecule is CCCC1(C)C(=O)NCCN1C(=O)c1ccc(C(C)=O)cc1. The molecule has 5 nitrogen and oxygen atoms in total. The Labute approximate surface area is 130 Å². The van der Waals surface area contributed by atoms with Crippen LogP contribution in [-0.4, -0.2) is 41.1 Å². The van der Waals surface area contributed by atoms with E-state index in [2.05, 4.69) is 5.32 Å². The van der Waals surface area contributed by atoms with Gasteiger partial charge >= 0.3 is 0 Å². The first kappa shape index (κ1) is 16.2. The number of carbonyl (C=O) groups excluding carboxylic acids is 3. The molecule has 0 aliphatic carbocycles. The predicted octanol–water partition coefficient (Wildman–Crippen LogP) is 2.02. The minimum absolute atomic E-state index is 0.0350. The Kier molecular flexibility index (Phi) is 4.64. The van der Waals surface area contributed by atoms with Crippen LogP contribution in [0, 0.1) is 0 Å². The summed E-state index contributed by atoms with van der Waals surface area (Å²) < 4.78 is 0. The smallest absolute Gasteiger partial charge is 0.254 e. The molecule has 1 unspecified atom stereocenters. The molecular formula is C17H22N2O3. The molecule has 0 radical (unpaired) electrons. The lowest BCUT2D eigenvalue weighted by molar-refractivity contribution is -0.134. The van der Waals surface area contributed by atoms with Gasteiger partial charge in [-0.2, -0.15) is 0 Å². The van der Waals surface area contributed by atoms with Gasteiger partial charge in [-0.1, -0.05) is 25.5 Å². The predicted molar refractivity (Wildman–Crippen MR) is 83.8 cm³/mol. The summed E-state index contributed by atoms with van der Waals surface area (Å²) in [6, 6.07) is 6.60. The minimum atomic E-state index is -0.816. The zero-order valence-electron chi connectivity index (χ0n) is 13.3. The number of nitrogens with one attached hydrogen (secondary N) is 1. The van der Waals surface area contributed by atoms with E-state index in [9.17, 15) is 14.4 Å². The summed E-state index contributed by atoms with van der Waals surface area (Å²) in [6.45, 7) is 6.26. The first-order valence-corrected chi connectivity index (χ1v) is 7.61. The summed E-state index contributed by atoms with van der Waals surface area (Å²) in [5.74, 6) is -0.303. The number of carbonyl (C=O) groups is 3. The molecule has 2 amide bonds. The number of hydrogen-bond donors (Lipinski definition) is 1. The van der Waals surface area contributed by atoms with E-state index in [-0.39, 0.29) is 17.6 Å². The van der Waals surface area contributed by atoms with Crippen molar-refractivity contribution >= 4 is 17.6 Å². The minimum Gasteiger partial charge on any atom is -0.352 e. The summed E-state index contributed by atoms with van der Waals surface area (Å²) in [5, 5.41) is 2.84. The van der Waals surface area contributed by atoms with E-state index in [1.54, 1.807) is 29.2 Å². The van der Waals surface area contributed by atoms with Crippen LogP contribution in [0.3, 0.4) is 0 Å². The van der Waals surface area contributed by atoms with Gasteiger partial charge in [-0.15, -0.1) is 0 Å². The van der Waals surface area contributed by atoms with E-state index in [1.807, 2.05) is 13.8 Å². The van der Waals surface area contributed by atoms with Gasteiger partial charge in [0.2, 0.25) is 5.91 Å². The van der Waals surface area contributed by atoms with Gasteiger partial charge in [0.15, 0.2) is 5.78 Å². The van der Waals surface area contributed by atoms with E-state index in [0.29, 0.717) is 30.6 Å². The molecule has 0 spiro atoms. The Morgan fingerprint density at radius 3 is 2.36 bits per heavy atom. The fraction of sp³-hybridized carbons (Fsp3) is 0.471. The lowest BCUT2D eigenvalue weighted by Crippen LogP contribution is -2.64. The number of nitrogens with zero attached hydrogens (tertiary/aromatic N) is 1. The van der Waals surface area contributed by atoms with E-state index < -0.39 is 5.54 Å². The number of Topliss-reactive ketones (excluding diaryl/α,β-unsaturated/α-hetero) is 1. The van der Waals surface area contributed by atoms with Crippen molar-refractivity contribution in [3.8, 4) is 0 Å². The van der Waals surface area contributed by atoms with Crippen LogP contribution in [0.4, 0.5) is 0 Å². The zero-order valence-corrected chi connectivity index (χ0v) is 13.3. The van der Waals surface area contributed by atoms with Crippen LogP contribution in [0.15, 0.2) is 24.3 Å². The van der Waals surface area contributed by atoms with Crippen molar-refractivity contribution in [3.63, 3.8) is 0 Å². The fourth-order valence-electron chi connectivity index (χ4n) is 2.91. The van der Waals surface area contributed by atoms with Crippen LogP contribution in [0.2, 0.25) is 0 Å². The molecule has 5 heteroatoms. The van der Waals surface area contributed by atoms with Crippen LogP contribution in [0.5, 0.6) is 0 Å². The number of ketones is 1. The van der Waals surface area contributed by atoms with E-state index in [1.165, 1.54) is 6.92 Å². The number of piperazine rings is 1. The van der Waals surface area contributed by atoms with Gasteiger partial charge in [0.25, 0.3) is 5.91 Å². The Balaban J connectivity index is 2.29. The summed E-state index contributed by atoms with van der Waals surface area (Å²) in [4.78, 5) is 38.0. The van der Waals surface area contributed by atoms with Crippen LogP contribution in [0.25, 0.3) is 0 Å². The van der Waals surface area contributed by atoms with Crippen molar-refractivity contribution in [2.75, 3.05) is 13.1 Å². The second-order valence-electron chi connectivity index (χ2n) is 5.87. The first-order chi connectivity index (χ1) is 10.4. The fourth-order valence-corrected chi connectivity index (χ4v) is 2.91. The van der Waals surface area contributed by atoms with E-state index >= 15 is 0 Å². The van der Waals surface area contributed by atoms with E-state index in [0.717, 1.165) is 6.42 Å². The maximum atomic E-state index is 12.8. The summed E-state index contributed by atoms with van der Waals surface area (Å²) >= 11 is 0. The molecule has 1 aromatic carbocycles. The molecule has 1 atom stereocenters. The van der Waals surface area contributed by atoms with Gasteiger partial charge in [-0.3, -0.25) is 14.4 Å². The normalized spacial score (nSPS) is 21.4. The highest BCUT2D eigenvalue weighted by Crippen LogP contribution is 2.26. The molecule has 1 N–H and O–H groups in total. The molecule has 118 valence electrons.